The predicted octanol–water partition coefficient (Wildman–Crippen LogP) is 3.50. The fourth-order valence-electron chi connectivity index (χ4n) is 3.03. The molecule has 2 rings (SSSR count). The maximum Gasteiger partial charge on any atom is 0.335 e. The fourth-order valence-corrected chi connectivity index (χ4v) is 3.03. The average Bonchev–Trinajstić information content (AvgIpc) is 2.58. The molecule has 5 nitrogen and oxygen atoms in total. The zero-order valence-corrected chi connectivity index (χ0v) is 13.8. The van der Waals surface area contributed by atoms with E-state index in [2.05, 4.69) is 5.32 Å². The van der Waals surface area contributed by atoms with Crippen molar-refractivity contribution in [2.75, 3.05) is 13.6 Å². The lowest BCUT2D eigenvalue weighted by Crippen LogP contribution is -2.38. The number of nitrogens with one attached hydrogen (secondary N) is 1. The first-order valence-electron chi connectivity index (χ1n) is 8.37. The number of benzene rings is 1. The minimum absolute atomic E-state index is 0.0804. The molecule has 2 amide bonds. The van der Waals surface area contributed by atoms with Crippen LogP contribution in [0.3, 0.4) is 0 Å². The zero-order valence-electron chi connectivity index (χ0n) is 13.8. The number of amides is 2. The highest BCUT2D eigenvalue weighted by molar-refractivity contribution is 5.87. The molecule has 1 aliphatic carbocycles. The largest absolute Gasteiger partial charge is 0.478 e. The Morgan fingerprint density at radius 3 is 2.43 bits per heavy atom. The van der Waals surface area contributed by atoms with Gasteiger partial charge in [-0.15, -0.1) is 0 Å². The number of aromatic carboxylic acids is 1. The second kappa shape index (κ2) is 8.56. The lowest BCUT2D eigenvalue weighted by Gasteiger charge is -2.24. The zero-order chi connectivity index (χ0) is 16.7. The molecule has 1 aromatic rings. The van der Waals surface area contributed by atoms with Crippen LogP contribution in [0.25, 0.3) is 0 Å². The van der Waals surface area contributed by atoms with E-state index in [9.17, 15) is 9.59 Å². The molecule has 126 valence electrons. The van der Waals surface area contributed by atoms with Gasteiger partial charge in [-0.1, -0.05) is 44.2 Å². The molecule has 0 spiro atoms. The highest BCUT2D eigenvalue weighted by Crippen LogP contribution is 2.26. The third-order valence-electron chi connectivity index (χ3n) is 4.59. The maximum atomic E-state index is 12.1. The van der Waals surface area contributed by atoms with Gasteiger partial charge in [0.15, 0.2) is 0 Å². The standard InChI is InChI=1S/C18H26N2O3/c1-20(12-11-14-5-3-2-4-6-14)18(23)19-13-15-7-9-16(10-8-15)17(21)22/h7-10,14H,2-6,11-13H2,1H3,(H,19,23)(H,21,22). The van der Waals surface area contributed by atoms with Gasteiger partial charge in [-0.3, -0.25) is 0 Å². The Morgan fingerprint density at radius 2 is 1.83 bits per heavy atom. The Bertz CT molecular complexity index is 522. The number of nitrogens with zero attached hydrogens (tertiary/aromatic N) is 1. The van der Waals surface area contributed by atoms with E-state index in [1.165, 1.54) is 32.1 Å². The number of carboxylic acids is 1. The van der Waals surface area contributed by atoms with E-state index >= 15 is 0 Å². The molecule has 0 atom stereocenters. The third-order valence-corrected chi connectivity index (χ3v) is 4.59. The van der Waals surface area contributed by atoms with Crippen molar-refractivity contribution in [2.24, 2.45) is 5.92 Å². The summed E-state index contributed by atoms with van der Waals surface area (Å²) in [5.41, 5.74) is 1.15. The van der Waals surface area contributed by atoms with E-state index < -0.39 is 5.97 Å². The number of carbonyl (C=O) groups excluding carboxylic acids is 1. The molecule has 23 heavy (non-hydrogen) atoms. The van der Waals surface area contributed by atoms with E-state index in [4.69, 9.17) is 5.11 Å². The minimum Gasteiger partial charge on any atom is -0.478 e. The van der Waals surface area contributed by atoms with Crippen LogP contribution in [0.4, 0.5) is 4.79 Å². The summed E-state index contributed by atoms with van der Waals surface area (Å²) in [5, 5.41) is 11.7. The van der Waals surface area contributed by atoms with E-state index in [-0.39, 0.29) is 11.6 Å². The molecule has 1 fully saturated rings. The van der Waals surface area contributed by atoms with Crippen LogP contribution in [0, 0.1) is 5.92 Å². The molecule has 0 aromatic heterocycles. The van der Waals surface area contributed by atoms with Gasteiger partial charge in [0.1, 0.15) is 0 Å². The molecule has 0 heterocycles. The number of hydrogen-bond donors (Lipinski definition) is 2. The summed E-state index contributed by atoms with van der Waals surface area (Å²) in [6.45, 7) is 1.20. The second-order valence-corrected chi connectivity index (χ2v) is 6.38. The summed E-state index contributed by atoms with van der Waals surface area (Å²) < 4.78 is 0. The first kappa shape index (κ1) is 17.3. The molecular weight excluding hydrogens is 292 g/mol. The van der Waals surface area contributed by atoms with E-state index in [1.807, 2.05) is 7.05 Å². The molecule has 0 aliphatic heterocycles. The predicted molar refractivity (Wildman–Crippen MR) is 89.5 cm³/mol. The summed E-state index contributed by atoms with van der Waals surface area (Å²) in [4.78, 5) is 24.6. The molecule has 2 N–H and O–H groups in total. The van der Waals surface area contributed by atoms with Crippen LogP contribution in [-0.4, -0.2) is 35.6 Å². The lowest BCUT2D eigenvalue weighted by atomic mass is 9.87. The Hall–Kier alpha value is -2.04. The fraction of sp³-hybridized carbons (Fsp3) is 0.556. The van der Waals surface area contributed by atoms with Crippen LogP contribution >= 0.6 is 0 Å². The summed E-state index contributed by atoms with van der Waals surface area (Å²) in [6, 6.07) is 6.48. The minimum atomic E-state index is -0.942. The highest BCUT2D eigenvalue weighted by atomic mass is 16.4. The van der Waals surface area contributed by atoms with Crippen molar-refractivity contribution in [1.29, 1.82) is 0 Å². The van der Waals surface area contributed by atoms with Crippen LogP contribution in [0.2, 0.25) is 0 Å². The van der Waals surface area contributed by atoms with Gasteiger partial charge in [-0.2, -0.15) is 0 Å². The van der Waals surface area contributed by atoms with Crippen molar-refractivity contribution in [1.82, 2.24) is 10.2 Å². The van der Waals surface area contributed by atoms with Crippen LogP contribution in [0.1, 0.15) is 54.4 Å². The Labute approximate surface area is 137 Å². The normalized spacial score (nSPS) is 15.2. The molecule has 0 unspecified atom stereocenters. The van der Waals surface area contributed by atoms with Gasteiger partial charge in [-0.25, -0.2) is 9.59 Å². The van der Waals surface area contributed by atoms with Crippen LogP contribution in [0.5, 0.6) is 0 Å². The molecule has 1 aliphatic rings. The summed E-state index contributed by atoms with van der Waals surface area (Å²) in [7, 11) is 1.83. The first-order valence-corrected chi connectivity index (χ1v) is 8.37. The van der Waals surface area contributed by atoms with Crippen molar-refractivity contribution in [3.05, 3.63) is 35.4 Å². The van der Waals surface area contributed by atoms with Crippen LogP contribution < -0.4 is 5.32 Å². The molecule has 0 radical (unpaired) electrons. The van der Waals surface area contributed by atoms with Crippen molar-refractivity contribution in [2.45, 2.75) is 45.1 Å². The maximum absolute atomic E-state index is 12.1. The number of urea groups is 1. The lowest BCUT2D eigenvalue weighted by molar-refractivity contribution is 0.0697. The second-order valence-electron chi connectivity index (χ2n) is 6.38. The van der Waals surface area contributed by atoms with E-state index in [0.717, 1.165) is 24.4 Å². The van der Waals surface area contributed by atoms with E-state index in [1.54, 1.807) is 29.2 Å². The molecule has 5 heteroatoms. The number of rotatable bonds is 6. The van der Waals surface area contributed by atoms with Crippen molar-refractivity contribution in [3.63, 3.8) is 0 Å². The van der Waals surface area contributed by atoms with Crippen LogP contribution in [-0.2, 0) is 6.54 Å². The SMILES string of the molecule is CN(CCC1CCCCC1)C(=O)NCc1ccc(C(=O)O)cc1. The summed E-state index contributed by atoms with van der Waals surface area (Å²) in [5.74, 6) is -0.175. The molecular formula is C18H26N2O3. The smallest absolute Gasteiger partial charge is 0.335 e. The molecule has 0 bridgehead atoms. The summed E-state index contributed by atoms with van der Waals surface area (Å²) in [6.07, 6.45) is 7.68. The van der Waals surface area contributed by atoms with Crippen molar-refractivity contribution >= 4 is 12.0 Å². The van der Waals surface area contributed by atoms with Gasteiger partial charge in [0.05, 0.1) is 5.56 Å². The summed E-state index contributed by atoms with van der Waals surface area (Å²) >= 11 is 0. The molecule has 1 aromatic carbocycles. The third kappa shape index (κ3) is 5.58. The first-order chi connectivity index (χ1) is 11.1. The molecule has 1 saturated carbocycles. The van der Waals surface area contributed by atoms with Gasteiger partial charge in [0.25, 0.3) is 0 Å². The highest BCUT2D eigenvalue weighted by Gasteiger charge is 2.15. The Morgan fingerprint density at radius 1 is 1.17 bits per heavy atom. The van der Waals surface area contributed by atoms with Gasteiger partial charge < -0.3 is 15.3 Å². The van der Waals surface area contributed by atoms with Crippen molar-refractivity contribution < 1.29 is 14.7 Å². The van der Waals surface area contributed by atoms with Gasteiger partial charge in [0, 0.05) is 20.1 Å². The van der Waals surface area contributed by atoms with Gasteiger partial charge in [-0.05, 0) is 30.0 Å². The van der Waals surface area contributed by atoms with E-state index in [0.29, 0.717) is 6.54 Å². The Kier molecular flexibility index (Phi) is 6.44. The van der Waals surface area contributed by atoms with Crippen molar-refractivity contribution in [3.8, 4) is 0 Å². The average molecular weight is 318 g/mol. The molecule has 0 saturated heterocycles. The number of hydrogen-bond acceptors (Lipinski definition) is 2. The van der Waals surface area contributed by atoms with Crippen LogP contribution in [0.15, 0.2) is 24.3 Å². The monoisotopic (exact) mass is 318 g/mol. The number of carbonyl (C=O) groups is 2. The van der Waals surface area contributed by atoms with Gasteiger partial charge in [0.2, 0.25) is 0 Å². The van der Waals surface area contributed by atoms with Gasteiger partial charge >= 0.3 is 12.0 Å². The quantitative estimate of drug-likeness (QED) is 0.843. The topological polar surface area (TPSA) is 69.6 Å². The number of carboxylic acid groups (broad SMARTS) is 1. The Balaban J connectivity index is 1.71.